The summed E-state index contributed by atoms with van der Waals surface area (Å²) in [4.78, 5) is 27.0. The molecule has 214 valence electrons. The minimum Gasteiger partial charge on any atom is -0.403 e. The molecule has 2 amide bonds. The number of carbonyl (C=O) groups excluding carboxylic acids is 2. The highest BCUT2D eigenvalue weighted by atomic mass is 19.1. The second kappa shape index (κ2) is 18.6. The lowest BCUT2D eigenvalue weighted by Crippen LogP contribution is -2.28. The third-order valence-electron chi connectivity index (χ3n) is 5.67. The van der Waals surface area contributed by atoms with Crippen LogP contribution in [0.5, 0.6) is 0 Å². The molecule has 10 nitrogen and oxygen atoms in total. The number of aromatic nitrogens is 1. The molecule has 0 fully saturated rings. The molecule has 0 aromatic carbocycles. The Hall–Kier alpha value is -3.67. The Morgan fingerprint density at radius 1 is 1.28 bits per heavy atom. The van der Waals surface area contributed by atoms with Crippen LogP contribution >= 0.6 is 0 Å². The molecule has 0 spiro atoms. The molecule has 39 heavy (non-hydrogen) atoms. The van der Waals surface area contributed by atoms with E-state index in [1.807, 2.05) is 38.1 Å². The first-order valence-corrected chi connectivity index (χ1v) is 13.1. The summed E-state index contributed by atoms with van der Waals surface area (Å²) in [5, 5.41) is 23.8. The summed E-state index contributed by atoms with van der Waals surface area (Å²) in [5.41, 5.74) is 11.0. The SMILES string of the molecule is CC/C=C(C)\C(=C\c1ccc(CCCN/C=C(/CCNC(=O)/C=C/NC(=O)CC(C)(C)CO)N=N)[nH]1)NBF. The molecule has 0 aliphatic rings. The number of aromatic amines is 1. The van der Waals surface area contributed by atoms with E-state index in [2.05, 4.69) is 31.3 Å². The van der Waals surface area contributed by atoms with Crippen LogP contribution < -0.4 is 21.2 Å². The van der Waals surface area contributed by atoms with Crippen molar-refractivity contribution in [1.29, 1.82) is 5.53 Å². The molecule has 1 heterocycles. The van der Waals surface area contributed by atoms with Gasteiger partial charge in [0, 0.05) is 68.1 Å². The number of nitrogens with zero attached hydrogens (tertiary/aromatic N) is 1. The number of rotatable bonds is 19. The van der Waals surface area contributed by atoms with Crippen molar-refractivity contribution in [3.05, 3.63) is 65.0 Å². The number of allylic oxidation sites excluding steroid dienone is 2. The van der Waals surface area contributed by atoms with E-state index in [1.165, 1.54) is 12.3 Å². The Bertz CT molecular complexity index is 1050. The van der Waals surface area contributed by atoms with Crippen molar-refractivity contribution in [3.63, 3.8) is 0 Å². The maximum absolute atomic E-state index is 12.8. The van der Waals surface area contributed by atoms with Gasteiger partial charge in [-0.1, -0.05) is 26.8 Å². The molecule has 0 atom stereocenters. The van der Waals surface area contributed by atoms with Crippen molar-refractivity contribution >= 4 is 25.6 Å². The van der Waals surface area contributed by atoms with Gasteiger partial charge >= 0.3 is 7.69 Å². The normalized spacial score (nSPS) is 12.8. The summed E-state index contributed by atoms with van der Waals surface area (Å²) in [6.45, 7) is 8.40. The molecular weight excluding hydrogens is 500 g/mol. The Morgan fingerprint density at radius 2 is 2.05 bits per heavy atom. The largest absolute Gasteiger partial charge is 0.441 e. The van der Waals surface area contributed by atoms with Gasteiger partial charge in [-0.05, 0) is 55.4 Å². The minimum atomic E-state index is -0.630. The van der Waals surface area contributed by atoms with Gasteiger partial charge in [0.2, 0.25) is 11.8 Å². The van der Waals surface area contributed by atoms with Crippen LogP contribution in [0.25, 0.3) is 6.08 Å². The third kappa shape index (κ3) is 14.7. The topological polar surface area (TPSA) is 154 Å². The van der Waals surface area contributed by atoms with E-state index in [-0.39, 0.29) is 31.4 Å². The van der Waals surface area contributed by atoms with E-state index in [4.69, 9.17) is 5.53 Å². The third-order valence-corrected chi connectivity index (χ3v) is 5.67. The molecule has 12 heteroatoms. The fraction of sp³-hybridized carbons (Fsp3) is 0.481. The number of carbonyl (C=O) groups is 2. The van der Waals surface area contributed by atoms with E-state index < -0.39 is 13.1 Å². The molecule has 0 saturated carbocycles. The van der Waals surface area contributed by atoms with Crippen LogP contribution in [0.4, 0.5) is 4.32 Å². The maximum Gasteiger partial charge on any atom is 0.441 e. The van der Waals surface area contributed by atoms with Crippen molar-refractivity contribution in [2.24, 2.45) is 10.5 Å². The molecule has 0 radical (unpaired) electrons. The van der Waals surface area contributed by atoms with Gasteiger partial charge in [0.15, 0.2) is 0 Å². The summed E-state index contributed by atoms with van der Waals surface area (Å²) in [6, 6.07) is 3.98. The standard InChI is InChI=1S/C27H43BFN7O3/c1-5-7-20(2)24(35-28-29)16-22-10-9-21(34-22)8-6-13-31-18-23(36-30)11-14-32-25(38)12-15-33-26(39)17-27(3,4)19-37/h7,9-10,12,15-16,18,28,30-31,34-35,37H,5-6,8,11,13-14,17,19H2,1-4H3,(H,32,38)(H,33,39)/b15-12+,20-7-,23-18-,24-16-,36-30?. The zero-order valence-corrected chi connectivity index (χ0v) is 23.5. The molecule has 1 aromatic heterocycles. The number of amides is 2. The van der Waals surface area contributed by atoms with Crippen LogP contribution in [-0.4, -0.2) is 49.3 Å². The number of aryl methyl sites for hydroxylation is 1. The lowest BCUT2D eigenvalue weighted by molar-refractivity contribution is -0.122. The van der Waals surface area contributed by atoms with Gasteiger partial charge in [0.25, 0.3) is 0 Å². The highest BCUT2D eigenvalue weighted by Crippen LogP contribution is 2.18. The predicted octanol–water partition coefficient (Wildman–Crippen LogP) is 3.48. The highest BCUT2D eigenvalue weighted by Gasteiger charge is 2.20. The molecule has 0 unspecified atom stereocenters. The molecule has 7 N–H and O–H groups in total. The van der Waals surface area contributed by atoms with Crippen LogP contribution in [0.3, 0.4) is 0 Å². The summed E-state index contributed by atoms with van der Waals surface area (Å²) in [7, 11) is -0.630. The van der Waals surface area contributed by atoms with E-state index in [0.29, 0.717) is 18.7 Å². The van der Waals surface area contributed by atoms with Crippen LogP contribution in [0.2, 0.25) is 0 Å². The number of hydrogen-bond donors (Lipinski definition) is 7. The molecule has 1 aromatic rings. The zero-order chi connectivity index (χ0) is 29.1. The smallest absolute Gasteiger partial charge is 0.403 e. The fourth-order valence-electron chi connectivity index (χ4n) is 3.49. The number of nitrogens with one attached hydrogen (secondary N) is 6. The highest BCUT2D eigenvalue weighted by molar-refractivity contribution is 6.23. The maximum atomic E-state index is 12.8. The van der Waals surface area contributed by atoms with E-state index >= 15 is 0 Å². The van der Waals surface area contributed by atoms with Crippen LogP contribution in [0.15, 0.2) is 58.8 Å². The zero-order valence-electron chi connectivity index (χ0n) is 23.5. The van der Waals surface area contributed by atoms with Crippen LogP contribution in [-0.2, 0) is 16.0 Å². The molecule has 0 aliphatic heterocycles. The van der Waals surface area contributed by atoms with Gasteiger partial charge in [-0.25, -0.2) is 5.53 Å². The van der Waals surface area contributed by atoms with Gasteiger partial charge in [-0.15, -0.1) is 0 Å². The number of hydrogen-bond acceptors (Lipinski definition) is 7. The van der Waals surface area contributed by atoms with Crippen molar-refractivity contribution in [2.45, 2.75) is 59.8 Å². The van der Waals surface area contributed by atoms with Gasteiger partial charge in [-0.3, -0.25) is 9.59 Å². The lowest BCUT2D eigenvalue weighted by Gasteiger charge is -2.19. The van der Waals surface area contributed by atoms with E-state index in [1.54, 1.807) is 20.0 Å². The Morgan fingerprint density at radius 3 is 2.72 bits per heavy atom. The van der Waals surface area contributed by atoms with E-state index in [9.17, 15) is 19.0 Å². The molecular formula is C27H43BFN7O3. The second-order valence-corrected chi connectivity index (χ2v) is 9.85. The summed E-state index contributed by atoms with van der Waals surface area (Å²) in [6.07, 6.45) is 11.2. The molecule has 0 saturated heterocycles. The van der Waals surface area contributed by atoms with Crippen LogP contribution in [0, 0.1) is 10.9 Å². The summed E-state index contributed by atoms with van der Waals surface area (Å²) < 4.78 is 12.8. The second-order valence-electron chi connectivity index (χ2n) is 9.85. The fourth-order valence-corrected chi connectivity index (χ4v) is 3.49. The Kier molecular flexibility index (Phi) is 15.9. The summed E-state index contributed by atoms with van der Waals surface area (Å²) in [5.74, 6) is -0.663. The van der Waals surface area contributed by atoms with Crippen molar-refractivity contribution in [1.82, 2.24) is 26.2 Å². The minimum absolute atomic E-state index is 0.110. The molecule has 0 aliphatic carbocycles. The van der Waals surface area contributed by atoms with E-state index in [0.717, 1.165) is 41.9 Å². The number of H-pyrrole nitrogens is 1. The average Bonchev–Trinajstić information content (AvgIpc) is 3.34. The van der Waals surface area contributed by atoms with Crippen LogP contribution in [0.1, 0.15) is 64.8 Å². The van der Waals surface area contributed by atoms with Gasteiger partial charge in [0.05, 0.1) is 5.70 Å². The van der Waals surface area contributed by atoms with Crippen molar-refractivity contribution in [2.75, 3.05) is 19.7 Å². The predicted molar refractivity (Wildman–Crippen MR) is 154 cm³/mol. The van der Waals surface area contributed by atoms with Crippen molar-refractivity contribution in [3.8, 4) is 0 Å². The first-order chi connectivity index (χ1) is 18.6. The first-order valence-electron chi connectivity index (χ1n) is 13.1. The van der Waals surface area contributed by atoms with Crippen molar-refractivity contribution < 1.29 is 19.0 Å². The number of halogens is 1. The Balaban J connectivity index is 2.38. The molecule has 1 rings (SSSR count). The van der Waals surface area contributed by atoms with Gasteiger partial charge in [-0.2, -0.15) is 5.11 Å². The molecule has 0 bridgehead atoms. The Labute approximate surface area is 231 Å². The summed E-state index contributed by atoms with van der Waals surface area (Å²) >= 11 is 0. The average molecular weight is 543 g/mol. The quantitative estimate of drug-likeness (QED) is 0.0468. The van der Waals surface area contributed by atoms with Gasteiger partial charge in [0.1, 0.15) is 0 Å². The number of aliphatic hydroxyl groups excluding tert-OH is 1. The first kappa shape index (κ1) is 33.4. The lowest BCUT2D eigenvalue weighted by atomic mass is 9.90. The monoisotopic (exact) mass is 543 g/mol. The number of aliphatic hydroxyl groups is 1. The van der Waals surface area contributed by atoms with Gasteiger partial charge < -0.3 is 35.6 Å².